The molecule has 0 amide bonds. The summed E-state index contributed by atoms with van der Waals surface area (Å²) in [6, 6.07) is 1.74. The summed E-state index contributed by atoms with van der Waals surface area (Å²) in [6.45, 7) is 5.63. The Bertz CT molecular complexity index is 494. The highest BCUT2D eigenvalue weighted by molar-refractivity contribution is 6.10. The lowest BCUT2D eigenvalue weighted by Gasteiger charge is -2.32. The predicted octanol–water partition coefficient (Wildman–Crippen LogP) is 2.36. The molecule has 0 bridgehead atoms. The van der Waals surface area contributed by atoms with Crippen LogP contribution in [0.2, 0.25) is 0 Å². The molecule has 2 rings (SSSR count). The van der Waals surface area contributed by atoms with Crippen molar-refractivity contribution in [1.29, 1.82) is 0 Å². The van der Waals surface area contributed by atoms with Gasteiger partial charge in [-0.2, -0.15) is 0 Å². The van der Waals surface area contributed by atoms with Crippen molar-refractivity contribution in [2.24, 2.45) is 11.3 Å². The minimum Gasteiger partial charge on any atom is -0.298 e. The van der Waals surface area contributed by atoms with Crippen molar-refractivity contribution in [2.45, 2.75) is 40.0 Å². The van der Waals surface area contributed by atoms with Gasteiger partial charge < -0.3 is 0 Å². The number of Topliss-reactive ketones (excluding diaryl/α,β-unsaturated/α-hetero) is 2. The van der Waals surface area contributed by atoms with Crippen LogP contribution in [0.4, 0.5) is 0 Å². The lowest BCUT2D eigenvalue weighted by atomic mass is 9.69. The van der Waals surface area contributed by atoms with E-state index in [0.717, 1.165) is 18.5 Å². The van der Waals surface area contributed by atoms with E-state index in [2.05, 4.69) is 9.97 Å². The number of aromatic nitrogens is 2. The van der Waals surface area contributed by atoms with Crippen LogP contribution in [0.15, 0.2) is 12.3 Å². The van der Waals surface area contributed by atoms with Gasteiger partial charge in [0, 0.05) is 17.3 Å². The highest BCUT2D eigenvalue weighted by atomic mass is 16.2. The molecule has 18 heavy (non-hydrogen) atoms. The summed E-state index contributed by atoms with van der Waals surface area (Å²) in [6.07, 6.45) is 3.94. The first kappa shape index (κ1) is 12.9. The topological polar surface area (TPSA) is 59.9 Å². The normalized spacial score (nSPS) is 22.8. The van der Waals surface area contributed by atoms with Gasteiger partial charge in [0.1, 0.15) is 5.78 Å². The average molecular weight is 246 g/mol. The second-order valence-corrected chi connectivity index (χ2v) is 5.58. The van der Waals surface area contributed by atoms with E-state index in [1.165, 1.54) is 0 Å². The molecule has 0 radical (unpaired) electrons. The number of aryl methyl sites for hydroxylation is 1. The van der Waals surface area contributed by atoms with Gasteiger partial charge in [0.2, 0.25) is 5.78 Å². The minimum absolute atomic E-state index is 0.0313. The first-order valence-electron chi connectivity index (χ1n) is 6.30. The molecular formula is C14H18N2O2. The molecule has 96 valence electrons. The SMILES string of the molecule is Cc1ccnc(C(=O)C2CCCC(C)(C)C2=O)n1. The molecule has 0 N–H and O–H groups in total. The molecule has 1 saturated carbocycles. The molecule has 0 saturated heterocycles. The van der Waals surface area contributed by atoms with Crippen molar-refractivity contribution < 1.29 is 9.59 Å². The molecule has 0 aromatic carbocycles. The van der Waals surface area contributed by atoms with Gasteiger partial charge in [-0.3, -0.25) is 9.59 Å². The number of carbonyl (C=O) groups is 2. The van der Waals surface area contributed by atoms with Gasteiger partial charge in [0.25, 0.3) is 0 Å². The third-order valence-electron chi connectivity index (χ3n) is 3.61. The molecule has 1 fully saturated rings. The highest BCUT2D eigenvalue weighted by Crippen LogP contribution is 2.36. The second-order valence-electron chi connectivity index (χ2n) is 5.58. The number of rotatable bonds is 2. The summed E-state index contributed by atoms with van der Waals surface area (Å²) in [7, 11) is 0. The van der Waals surface area contributed by atoms with E-state index < -0.39 is 11.3 Å². The molecule has 1 aromatic rings. The van der Waals surface area contributed by atoms with Crippen molar-refractivity contribution in [3.05, 3.63) is 23.8 Å². The van der Waals surface area contributed by atoms with Crippen LogP contribution >= 0.6 is 0 Å². The Morgan fingerprint density at radius 2 is 2.17 bits per heavy atom. The van der Waals surface area contributed by atoms with Crippen molar-refractivity contribution in [3.8, 4) is 0 Å². The zero-order chi connectivity index (χ0) is 13.3. The van der Waals surface area contributed by atoms with Crippen LogP contribution in [0.3, 0.4) is 0 Å². The Morgan fingerprint density at radius 3 is 2.83 bits per heavy atom. The number of carbonyl (C=O) groups excluding carboxylic acids is 2. The fourth-order valence-electron chi connectivity index (χ4n) is 2.45. The molecule has 0 spiro atoms. The van der Waals surface area contributed by atoms with E-state index in [0.29, 0.717) is 6.42 Å². The van der Waals surface area contributed by atoms with E-state index in [1.807, 2.05) is 20.8 Å². The lowest BCUT2D eigenvalue weighted by molar-refractivity contribution is -0.132. The maximum Gasteiger partial charge on any atom is 0.210 e. The standard InChI is InChI=1S/C14H18N2O2/c1-9-6-8-15-13(16-9)11(17)10-5-4-7-14(2,3)12(10)18/h6,8,10H,4-5,7H2,1-3H3. The second kappa shape index (κ2) is 4.59. The molecule has 1 aromatic heterocycles. The van der Waals surface area contributed by atoms with Gasteiger partial charge in [-0.05, 0) is 25.8 Å². The van der Waals surface area contributed by atoms with E-state index in [9.17, 15) is 9.59 Å². The summed E-state index contributed by atoms with van der Waals surface area (Å²) in [4.78, 5) is 32.7. The van der Waals surface area contributed by atoms with Crippen molar-refractivity contribution >= 4 is 11.6 Å². The predicted molar refractivity (Wildman–Crippen MR) is 67.2 cm³/mol. The molecule has 1 atom stereocenters. The van der Waals surface area contributed by atoms with Gasteiger partial charge in [-0.15, -0.1) is 0 Å². The largest absolute Gasteiger partial charge is 0.298 e. The number of hydrogen-bond donors (Lipinski definition) is 0. The fraction of sp³-hybridized carbons (Fsp3) is 0.571. The Balaban J connectivity index is 2.26. The molecule has 1 aliphatic carbocycles. The first-order valence-corrected chi connectivity index (χ1v) is 6.30. The summed E-state index contributed by atoms with van der Waals surface area (Å²) in [5.41, 5.74) is 0.346. The monoisotopic (exact) mass is 246 g/mol. The maximum atomic E-state index is 12.3. The molecular weight excluding hydrogens is 228 g/mol. The van der Waals surface area contributed by atoms with Crippen LogP contribution in [-0.4, -0.2) is 21.5 Å². The van der Waals surface area contributed by atoms with Gasteiger partial charge in [-0.25, -0.2) is 9.97 Å². The number of nitrogens with zero attached hydrogens (tertiary/aromatic N) is 2. The highest BCUT2D eigenvalue weighted by Gasteiger charge is 2.41. The molecule has 4 nitrogen and oxygen atoms in total. The van der Waals surface area contributed by atoms with Crippen LogP contribution in [0, 0.1) is 18.3 Å². The van der Waals surface area contributed by atoms with Crippen molar-refractivity contribution in [2.75, 3.05) is 0 Å². The van der Waals surface area contributed by atoms with Crippen molar-refractivity contribution in [1.82, 2.24) is 9.97 Å². The van der Waals surface area contributed by atoms with Gasteiger partial charge in [0.15, 0.2) is 5.82 Å². The average Bonchev–Trinajstić information content (AvgIpc) is 2.32. The van der Waals surface area contributed by atoms with E-state index in [-0.39, 0.29) is 17.4 Å². The molecule has 1 unspecified atom stereocenters. The number of ketones is 2. The fourth-order valence-corrected chi connectivity index (χ4v) is 2.45. The van der Waals surface area contributed by atoms with Crippen LogP contribution in [-0.2, 0) is 4.79 Å². The van der Waals surface area contributed by atoms with Gasteiger partial charge >= 0.3 is 0 Å². The van der Waals surface area contributed by atoms with Crippen LogP contribution < -0.4 is 0 Å². The third-order valence-corrected chi connectivity index (χ3v) is 3.61. The Morgan fingerprint density at radius 1 is 1.44 bits per heavy atom. The van der Waals surface area contributed by atoms with Gasteiger partial charge in [0.05, 0.1) is 5.92 Å². The minimum atomic E-state index is -0.560. The Labute approximate surface area is 107 Å². The van der Waals surface area contributed by atoms with Crippen LogP contribution in [0.1, 0.15) is 49.4 Å². The maximum absolute atomic E-state index is 12.3. The molecule has 4 heteroatoms. The zero-order valence-corrected chi connectivity index (χ0v) is 11.1. The zero-order valence-electron chi connectivity index (χ0n) is 11.1. The van der Waals surface area contributed by atoms with E-state index >= 15 is 0 Å². The first-order chi connectivity index (χ1) is 8.42. The summed E-state index contributed by atoms with van der Waals surface area (Å²) in [5.74, 6) is -0.582. The quantitative estimate of drug-likeness (QED) is 0.593. The molecule has 0 aliphatic heterocycles. The molecule has 1 heterocycles. The van der Waals surface area contributed by atoms with E-state index in [4.69, 9.17) is 0 Å². The smallest absolute Gasteiger partial charge is 0.210 e. The third kappa shape index (κ3) is 2.33. The summed E-state index contributed by atoms with van der Waals surface area (Å²) in [5, 5.41) is 0. The van der Waals surface area contributed by atoms with Crippen LogP contribution in [0.5, 0.6) is 0 Å². The summed E-state index contributed by atoms with van der Waals surface area (Å²) >= 11 is 0. The van der Waals surface area contributed by atoms with Crippen molar-refractivity contribution in [3.63, 3.8) is 0 Å². The lowest BCUT2D eigenvalue weighted by Crippen LogP contribution is -2.39. The number of hydrogen-bond acceptors (Lipinski definition) is 4. The molecule has 1 aliphatic rings. The Kier molecular flexibility index (Phi) is 3.28. The van der Waals surface area contributed by atoms with E-state index in [1.54, 1.807) is 12.3 Å². The van der Waals surface area contributed by atoms with Crippen LogP contribution in [0.25, 0.3) is 0 Å². The van der Waals surface area contributed by atoms with Gasteiger partial charge in [-0.1, -0.05) is 20.3 Å². The summed E-state index contributed by atoms with van der Waals surface area (Å²) < 4.78 is 0. The Hall–Kier alpha value is -1.58.